The zero-order valence-electron chi connectivity index (χ0n) is 12.9. The average Bonchev–Trinajstić information content (AvgIpc) is 2.37. The molecular formula is C17H27BrO. The normalized spacial score (nSPS) is 15.1. The van der Waals surface area contributed by atoms with Crippen LogP contribution in [0.1, 0.15) is 52.5 Å². The first-order chi connectivity index (χ1) is 8.88. The van der Waals surface area contributed by atoms with Crippen LogP contribution in [0.2, 0.25) is 0 Å². The van der Waals surface area contributed by atoms with Crippen LogP contribution >= 0.6 is 15.9 Å². The van der Waals surface area contributed by atoms with E-state index in [1.54, 1.807) is 0 Å². The van der Waals surface area contributed by atoms with E-state index in [0.29, 0.717) is 11.8 Å². The van der Waals surface area contributed by atoms with E-state index in [2.05, 4.69) is 74.8 Å². The Kier molecular flexibility index (Phi) is 6.38. The monoisotopic (exact) mass is 326 g/mol. The van der Waals surface area contributed by atoms with E-state index in [-0.39, 0.29) is 5.41 Å². The molecule has 0 spiro atoms. The third-order valence-corrected chi connectivity index (χ3v) is 4.71. The first-order valence-electron chi connectivity index (χ1n) is 7.17. The Labute approximate surface area is 126 Å². The molecule has 2 atom stereocenters. The molecule has 19 heavy (non-hydrogen) atoms. The Morgan fingerprint density at radius 2 is 1.74 bits per heavy atom. The van der Waals surface area contributed by atoms with Gasteiger partial charge in [-0.2, -0.15) is 0 Å². The van der Waals surface area contributed by atoms with Gasteiger partial charge >= 0.3 is 0 Å². The fourth-order valence-electron chi connectivity index (χ4n) is 1.85. The molecule has 0 aromatic heterocycles. The lowest BCUT2D eigenvalue weighted by molar-refractivity contribution is 0.166. The molecule has 0 aliphatic rings. The molecule has 0 saturated carbocycles. The smallest absolute Gasteiger partial charge is 0.119 e. The van der Waals surface area contributed by atoms with Crippen LogP contribution in [0.5, 0.6) is 5.75 Å². The van der Waals surface area contributed by atoms with E-state index in [9.17, 15) is 0 Å². The van der Waals surface area contributed by atoms with Gasteiger partial charge in [-0.15, -0.1) is 0 Å². The molecule has 0 N–H and O–H groups in total. The fraction of sp³-hybridized carbons (Fsp3) is 0.647. The van der Waals surface area contributed by atoms with Crippen molar-refractivity contribution < 1.29 is 4.74 Å². The molecule has 108 valence electrons. The minimum absolute atomic E-state index is 0.264. The van der Waals surface area contributed by atoms with Crippen molar-refractivity contribution in [2.24, 2.45) is 11.3 Å². The van der Waals surface area contributed by atoms with E-state index in [0.717, 1.165) is 17.7 Å². The Bertz CT molecular complexity index is 364. The van der Waals surface area contributed by atoms with Gasteiger partial charge in [-0.25, -0.2) is 0 Å². The second kappa shape index (κ2) is 7.33. The van der Waals surface area contributed by atoms with Crippen LogP contribution < -0.4 is 4.74 Å². The van der Waals surface area contributed by atoms with Gasteiger partial charge in [0.25, 0.3) is 0 Å². The van der Waals surface area contributed by atoms with E-state index < -0.39 is 0 Å². The summed E-state index contributed by atoms with van der Waals surface area (Å²) >= 11 is 3.59. The number of hydrogen-bond donors (Lipinski definition) is 0. The van der Waals surface area contributed by atoms with Crippen LogP contribution in [-0.2, 0) is 0 Å². The molecule has 0 saturated heterocycles. The summed E-state index contributed by atoms with van der Waals surface area (Å²) in [5.41, 5.74) is 1.66. The summed E-state index contributed by atoms with van der Waals surface area (Å²) in [5, 5.41) is 0.974. The summed E-state index contributed by atoms with van der Waals surface area (Å²) in [6.07, 6.45) is 1.18. The highest BCUT2D eigenvalue weighted by Crippen LogP contribution is 2.28. The number of alkyl halides is 1. The van der Waals surface area contributed by atoms with Crippen LogP contribution in [0, 0.1) is 11.3 Å². The quantitative estimate of drug-likeness (QED) is 0.615. The maximum Gasteiger partial charge on any atom is 0.119 e. The van der Waals surface area contributed by atoms with Crippen molar-refractivity contribution in [2.45, 2.75) is 47.0 Å². The Balaban J connectivity index is 2.59. The lowest BCUT2D eigenvalue weighted by Gasteiger charge is -2.29. The van der Waals surface area contributed by atoms with Crippen LogP contribution in [0.3, 0.4) is 0 Å². The van der Waals surface area contributed by atoms with Gasteiger partial charge in [0.2, 0.25) is 0 Å². The predicted molar refractivity (Wildman–Crippen MR) is 87.4 cm³/mol. The molecule has 2 heteroatoms. The van der Waals surface area contributed by atoms with E-state index in [4.69, 9.17) is 4.74 Å². The summed E-state index contributed by atoms with van der Waals surface area (Å²) in [5.74, 6) is 2.11. The number of hydrogen-bond acceptors (Lipinski definition) is 1. The molecular weight excluding hydrogens is 300 g/mol. The molecule has 0 aliphatic heterocycles. The lowest BCUT2D eigenvalue weighted by atomic mass is 9.83. The summed E-state index contributed by atoms with van der Waals surface area (Å²) in [6.45, 7) is 12.0. The molecule has 1 nitrogen and oxygen atoms in total. The summed E-state index contributed by atoms with van der Waals surface area (Å²) in [4.78, 5) is 0. The van der Waals surface area contributed by atoms with Crippen molar-refractivity contribution in [3.63, 3.8) is 0 Å². The predicted octanol–water partition coefficient (Wildman–Crippen LogP) is 5.64. The standard InChI is InChI=1S/C17H27BrO/c1-6-13(2)14-7-9-16(10-8-14)19-12-15(11-18)17(3,4)5/h7-10,13,15H,6,11-12H2,1-5H3. The zero-order chi connectivity index (χ0) is 14.5. The van der Waals surface area contributed by atoms with E-state index in [1.165, 1.54) is 12.0 Å². The molecule has 0 bridgehead atoms. The third-order valence-electron chi connectivity index (χ3n) is 3.92. The molecule has 0 radical (unpaired) electrons. The topological polar surface area (TPSA) is 9.23 Å². The molecule has 0 fully saturated rings. The minimum Gasteiger partial charge on any atom is -0.493 e. The first-order valence-corrected chi connectivity index (χ1v) is 8.29. The molecule has 1 aromatic rings. The lowest BCUT2D eigenvalue weighted by Crippen LogP contribution is -2.27. The average molecular weight is 327 g/mol. The van der Waals surface area contributed by atoms with Gasteiger partial charge in [-0.3, -0.25) is 0 Å². The van der Waals surface area contributed by atoms with Gasteiger partial charge in [-0.1, -0.05) is 62.7 Å². The minimum atomic E-state index is 0.264. The second-order valence-electron chi connectivity index (χ2n) is 6.41. The Morgan fingerprint density at radius 3 is 2.16 bits per heavy atom. The highest BCUT2D eigenvalue weighted by atomic mass is 79.9. The SMILES string of the molecule is CCC(C)c1ccc(OCC(CBr)C(C)(C)C)cc1. The van der Waals surface area contributed by atoms with Crippen molar-refractivity contribution in [3.8, 4) is 5.75 Å². The maximum absolute atomic E-state index is 5.92. The highest BCUT2D eigenvalue weighted by molar-refractivity contribution is 9.09. The van der Waals surface area contributed by atoms with Crippen LogP contribution in [0.4, 0.5) is 0 Å². The van der Waals surface area contributed by atoms with E-state index in [1.807, 2.05) is 0 Å². The molecule has 1 aromatic carbocycles. The van der Waals surface area contributed by atoms with Crippen molar-refractivity contribution >= 4 is 15.9 Å². The van der Waals surface area contributed by atoms with Gasteiger partial charge in [0.15, 0.2) is 0 Å². The van der Waals surface area contributed by atoms with Gasteiger partial charge in [-0.05, 0) is 35.4 Å². The number of benzene rings is 1. The molecule has 0 heterocycles. The maximum atomic E-state index is 5.92. The van der Waals surface area contributed by atoms with Crippen LogP contribution in [0.25, 0.3) is 0 Å². The van der Waals surface area contributed by atoms with Crippen molar-refractivity contribution in [1.82, 2.24) is 0 Å². The molecule has 0 amide bonds. The first kappa shape index (κ1) is 16.6. The summed E-state index contributed by atoms with van der Waals surface area (Å²) in [7, 11) is 0. The Morgan fingerprint density at radius 1 is 1.16 bits per heavy atom. The number of ether oxygens (including phenoxy) is 1. The zero-order valence-corrected chi connectivity index (χ0v) is 14.5. The summed E-state index contributed by atoms with van der Waals surface area (Å²) < 4.78 is 5.92. The largest absolute Gasteiger partial charge is 0.493 e. The van der Waals surface area contributed by atoms with Crippen molar-refractivity contribution in [2.75, 3.05) is 11.9 Å². The number of halogens is 1. The van der Waals surface area contributed by atoms with Gasteiger partial charge < -0.3 is 4.74 Å². The second-order valence-corrected chi connectivity index (χ2v) is 7.05. The number of rotatable bonds is 6. The van der Waals surface area contributed by atoms with E-state index >= 15 is 0 Å². The molecule has 0 aliphatic carbocycles. The van der Waals surface area contributed by atoms with Gasteiger partial charge in [0, 0.05) is 11.2 Å². The molecule has 2 unspecified atom stereocenters. The third kappa shape index (κ3) is 5.18. The highest BCUT2D eigenvalue weighted by Gasteiger charge is 2.24. The Hall–Kier alpha value is -0.500. The van der Waals surface area contributed by atoms with Crippen molar-refractivity contribution in [1.29, 1.82) is 0 Å². The fourth-order valence-corrected chi connectivity index (χ4v) is 3.01. The molecule has 1 rings (SSSR count). The van der Waals surface area contributed by atoms with Gasteiger partial charge in [0.1, 0.15) is 5.75 Å². The van der Waals surface area contributed by atoms with Crippen molar-refractivity contribution in [3.05, 3.63) is 29.8 Å². The van der Waals surface area contributed by atoms with Gasteiger partial charge in [0.05, 0.1) is 6.61 Å². The summed E-state index contributed by atoms with van der Waals surface area (Å²) in [6, 6.07) is 8.55. The van der Waals surface area contributed by atoms with Crippen LogP contribution in [0.15, 0.2) is 24.3 Å². The van der Waals surface area contributed by atoms with Crippen LogP contribution in [-0.4, -0.2) is 11.9 Å².